The highest BCUT2D eigenvalue weighted by Gasteiger charge is 2.20. The lowest BCUT2D eigenvalue weighted by atomic mass is 10.1. The molecular formula is C19H14O5. The van der Waals surface area contributed by atoms with Gasteiger partial charge in [-0.3, -0.25) is 4.79 Å². The molecule has 24 heavy (non-hydrogen) atoms. The number of benzene rings is 2. The largest absolute Gasteiger partial charge is 0.514 e. The van der Waals surface area contributed by atoms with E-state index >= 15 is 0 Å². The van der Waals surface area contributed by atoms with Crippen LogP contribution >= 0.6 is 0 Å². The van der Waals surface area contributed by atoms with Gasteiger partial charge in [0.25, 0.3) is 0 Å². The Morgan fingerprint density at radius 2 is 1.79 bits per heavy atom. The lowest BCUT2D eigenvalue weighted by molar-refractivity contribution is 0.109. The SMILES string of the molecule is C=CCOC(=O)Oc1c(-c2ccccc2)oc2ccccc2c1=O. The number of hydrogen-bond acceptors (Lipinski definition) is 5. The minimum atomic E-state index is -0.991. The van der Waals surface area contributed by atoms with Gasteiger partial charge in [0.15, 0.2) is 5.76 Å². The summed E-state index contributed by atoms with van der Waals surface area (Å²) in [4.78, 5) is 24.5. The Labute approximate surface area is 137 Å². The lowest BCUT2D eigenvalue weighted by Gasteiger charge is -2.10. The van der Waals surface area contributed by atoms with Crippen LogP contribution in [0.2, 0.25) is 0 Å². The minimum absolute atomic E-state index is 0.0155. The van der Waals surface area contributed by atoms with E-state index in [0.717, 1.165) is 0 Å². The van der Waals surface area contributed by atoms with Crippen molar-refractivity contribution in [3.8, 4) is 17.1 Å². The monoisotopic (exact) mass is 322 g/mol. The molecule has 5 nitrogen and oxygen atoms in total. The van der Waals surface area contributed by atoms with Gasteiger partial charge in [0.2, 0.25) is 11.2 Å². The van der Waals surface area contributed by atoms with Crippen LogP contribution in [-0.2, 0) is 4.74 Å². The standard InChI is InChI=1S/C19H14O5/c1-2-12-22-19(21)24-18-16(20)14-10-6-7-11-15(14)23-17(18)13-8-4-3-5-9-13/h2-11H,1,12H2. The third-order valence-electron chi connectivity index (χ3n) is 3.30. The zero-order chi connectivity index (χ0) is 16.9. The summed E-state index contributed by atoms with van der Waals surface area (Å²) in [6.07, 6.45) is 0.414. The molecule has 0 saturated heterocycles. The zero-order valence-corrected chi connectivity index (χ0v) is 12.7. The topological polar surface area (TPSA) is 65.7 Å². The van der Waals surface area contributed by atoms with Crippen LogP contribution in [-0.4, -0.2) is 12.8 Å². The number of carbonyl (C=O) groups excluding carboxylic acids is 1. The Hall–Kier alpha value is -3.34. The van der Waals surface area contributed by atoms with Crippen molar-refractivity contribution in [3.63, 3.8) is 0 Å². The first-order valence-corrected chi connectivity index (χ1v) is 7.27. The molecule has 0 saturated carbocycles. The van der Waals surface area contributed by atoms with Crippen molar-refractivity contribution < 1.29 is 18.7 Å². The van der Waals surface area contributed by atoms with Crippen LogP contribution < -0.4 is 10.2 Å². The highest BCUT2D eigenvalue weighted by Crippen LogP contribution is 2.30. The van der Waals surface area contributed by atoms with Crippen LogP contribution in [0.25, 0.3) is 22.3 Å². The van der Waals surface area contributed by atoms with Gasteiger partial charge in [-0.25, -0.2) is 4.79 Å². The Morgan fingerprint density at radius 1 is 1.08 bits per heavy atom. The summed E-state index contributed by atoms with van der Waals surface area (Å²) in [5.74, 6) is -0.0242. The lowest BCUT2D eigenvalue weighted by Crippen LogP contribution is -2.17. The van der Waals surface area contributed by atoms with Crippen molar-refractivity contribution in [1.29, 1.82) is 0 Å². The highest BCUT2D eigenvalue weighted by molar-refractivity contribution is 5.83. The van der Waals surface area contributed by atoms with E-state index < -0.39 is 11.6 Å². The van der Waals surface area contributed by atoms with Crippen LogP contribution in [0, 0.1) is 0 Å². The quantitative estimate of drug-likeness (QED) is 0.533. The van der Waals surface area contributed by atoms with E-state index in [1.54, 1.807) is 48.5 Å². The van der Waals surface area contributed by atoms with Gasteiger partial charge in [0, 0.05) is 5.56 Å². The smallest absolute Gasteiger partial charge is 0.452 e. The molecule has 2 aromatic carbocycles. The summed E-state index contributed by atoms with van der Waals surface area (Å²) in [7, 11) is 0. The zero-order valence-electron chi connectivity index (χ0n) is 12.7. The van der Waals surface area contributed by atoms with Crippen molar-refractivity contribution in [2.75, 3.05) is 6.61 Å². The van der Waals surface area contributed by atoms with Crippen LogP contribution in [0.5, 0.6) is 5.75 Å². The molecule has 3 rings (SSSR count). The summed E-state index contributed by atoms with van der Waals surface area (Å²) in [6.45, 7) is 3.43. The molecule has 1 aromatic heterocycles. The van der Waals surface area contributed by atoms with Crippen LogP contribution in [0.15, 0.2) is 76.5 Å². The van der Waals surface area contributed by atoms with Gasteiger partial charge >= 0.3 is 6.16 Å². The van der Waals surface area contributed by atoms with Gasteiger partial charge in [-0.15, -0.1) is 0 Å². The Morgan fingerprint density at radius 3 is 2.54 bits per heavy atom. The van der Waals surface area contributed by atoms with E-state index in [-0.39, 0.29) is 18.1 Å². The Balaban J connectivity index is 2.17. The number of fused-ring (bicyclic) bond motifs is 1. The van der Waals surface area contributed by atoms with Crippen molar-refractivity contribution in [2.24, 2.45) is 0 Å². The molecule has 0 unspecified atom stereocenters. The number of para-hydroxylation sites is 1. The molecule has 0 fully saturated rings. The first-order chi connectivity index (χ1) is 11.7. The summed E-state index contributed by atoms with van der Waals surface area (Å²) >= 11 is 0. The molecule has 0 N–H and O–H groups in total. The van der Waals surface area contributed by atoms with Gasteiger partial charge in [-0.1, -0.05) is 55.1 Å². The molecular weight excluding hydrogens is 308 g/mol. The average Bonchev–Trinajstić information content (AvgIpc) is 2.63. The van der Waals surface area contributed by atoms with Gasteiger partial charge in [0.1, 0.15) is 12.2 Å². The maximum atomic E-state index is 12.7. The van der Waals surface area contributed by atoms with Crippen LogP contribution in [0.4, 0.5) is 4.79 Å². The highest BCUT2D eigenvalue weighted by atomic mass is 16.7. The average molecular weight is 322 g/mol. The van der Waals surface area contributed by atoms with E-state index in [1.807, 2.05) is 6.07 Å². The fraction of sp³-hybridized carbons (Fsp3) is 0.0526. The number of ether oxygens (including phenoxy) is 2. The third kappa shape index (κ3) is 3.05. The maximum Gasteiger partial charge on any atom is 0.514 e. The molecule has 0 spiro atoms. The number of hydrogen-bond donors (Lipinski definition) is 0. The summed E-state index contributed by atoms with van der Waals surface area (Å²) < 4.78 is 15.7. The minimum Gasteiger partial charge on any atom is -0.452 e. The van der Waals surface area contributed by atoms with E-state index in [0.29, 0.717) is 16.5 Å². The summed E-state index contributed by atoms with van der Waals surface area (Å²) in [5, 5.41) is 0.323. The predicted octanol–water partition coefficient (Wildman–Crippen LogP) is 4.16. The molecule has 0 aliphatic rings. The molecule has 0 amide bonds. The normalized spacial score (nSPS) is 10.3. The van der Waals surface area contributed by atoms with Crippen molar-refractivity contribution in [2.45, 2.75) is 0 Å². The first-order valence-electron chi connectivity index (χ1n) is 7.27. The van der Waals surface area contributed by atoms with Gasteiger partial charge in [-0.05, 0) is 12.1 Å². The second-order valence-electron chi connectivity index (χ2n) is 4.90. The summed E-state index contributed by atoms with van der Waals surface area (Å²) in [6, 6.07) is 15.7. The van der Waals surface area contributed by atoms with Gasteiger partial charge in [-0.2, -0.15) is 0 Å². The first kappa shape index (κ1) is 15.6. The van der Waals surface area contributed by atoms with Crippen LogP contribution in [0.3, 0.4) is 0 Å². The fourth-order valence-electron chi connectivity index (χ4n) is 2.24. The predicted molar refractivity (Wildman–Crippen MR) is 90.1 cm³/mol. The van der Waals surface area contributed by atoms with Crippen molar-refractivity contribution in [1.82, 2.24) is 0 Å². The van der Waals surface area contributed by atoms with E-state index in [9.17, 15) is 9.59 Å². The van der Waals surface area contributed by atoms with Crippen LogP contribution in [0.1, 0.15) is 0 Å². The Kier molecular flexibility index (Phi) is 4.43. The van der Waals surface area contributed by atoms with E-state index in [1.165, 1.54) is 6.08 Å². The maximum absolute atomic E-state index is 12.7. The molecule has 1 heterocycles. The molecule has 0 aliphatic carbocycles. The Bertz CT molecular complexity index is 941. The molecule has 5 heteroatoms. The van der Waals surface area contributed by atoms with Gasteiger partial charge in [0.05, 0.1) is 5.39 Å². The second kappa shape index (κ2) is 6.83. The molecule has 0 atom stereocenters. The van der Waals surface area contributed by atoms with Crippen molar-refractivity contribution in [3.05, 3.63) is 77.5 Å². The second-order valence-corrected chi connectivity index (χ2v) is 4.90. The van der Waals surface area contributed by atoms with Gasteiger partial charge < -0.3 is 13.9 Å². The molecule has 0 aliphatic heterocycles. The van der Waals surface area contributed by atoms with E-state index in [4.69, 9.17) is 13.9 Å². The fourth-order valence-corrected chi connectivity index (χ4v) is 2.24. The van der Waals surface area contributed by atoms with Crippen molar-refractivity contribution >= 4 is 17.1 Å². The number of rotatable bonds is 4. The molecule has 3 aromatic rings. The third-order valence-corrected chi connectivity index (χ3v) is 3.30. The number of carbonyl (C=O) groups is 1. The molecule has 0 bridgehead atoms. The molecule has 0 radical (unpaired) electrons. The summed E-state index contributed by atoms with van der Waals surface area (Å²) in [5.41, 5.74) is 0.589. The molecule has 120 valence electrons. The van der Waals surface area contributed by atoms with E-state index in [2.05, 4.69) is 6.58 Å².